The predicted molar refractivity (Wildman–Crippen MR) is 85.0 cm³/mol. The molecule has 0 bridgehead atoms. The number of unbranched alkanes of at least 4 members (excludes halogenated alkanes) is 2. The minimum atomic E-state index is -0.889. The number of ether oxygens (including phenoxy) is 1. The third kappa shape index (κ3) is 7.11. The zero-order valence-corrected chi connectivity index (χ0v) is 13.3. The molecular formula is C17H25NO4. The van der Waals surface area contributed by atoms with Gasteiger partial charge in [-0.05, 0) is 37.0 Å². The number of rotatable bonds is 10. The lowest BCUT2D eigenvalue weighted by Gasteiger charge is -2.08. The van der Waals surface area contributed by atoms with Crippen molar-refractivity contribution in [1.82, 2.24) is 5.32 Å². The molecule has 1 rings (SSSR count). The Morgan fingerprint density at radius 1 is 1.18 bits per heavy atom. The van der Waals surface area contributed by atoms with Crippen LogP contribution < -0.4 is 10.1 Å². The molecule has 5 heteroatoms. The van der Waals surface area contributed by atoms with E-state index in [1.807, 2.05) is 12.1 Å². The van der Waals surface area contributed by atoms with E-state index in [9.17, 15) is 9.59 Å². The van der Waals surface area contributed by atoms with Gasteiger partial charge in [0.2, 0.25) is 5.91 Å². The molecule has 5 nitrogen and oxygen atoms in total. The highest BCUT2D eigenvalue weighted by Crippen LogP contribution is 2.13. The number of carbonyl (C=O) groups excluding carboxylic acids is 1. The summed E-state index contributed by atoms with van der Waals surface area (Å²) in [6.45, 7) is 1.78. The minimum Gasteiger partial charge on any atom is -0.497 e. The van der Waals surface area contributed by atoms with Gasteiger partial charge in [-0.25, -0.2) is 0 Å². The maximum absolute atomic E-state index is 11.6. The third-order valence-electron chi connectivity index (χ3n) is 3.56. The molecule has 122 valence electrons. The van der Waals surface area contributed by atoms with Gasteiger partial charge in [0.1, 0.15) is 5.75 Å². The number of carbonyl (C=O) groups is 2. The monoisotopic (exact) mass is 307 g/mol. The zero-order valence-electron chi connectivity index (χ0n) is 13.3. The first-order chi connectivity index (χ1) is 10.5. The van der Waals surface area contributed by atoms with Crippen molar-refractivity contribution in [1.29, 1.82) is 0 Å². The molecule has 0 saturated heterocycles. The van der Waals surface area contributed by atoms with E-state index in [-0.39, 0.29) is 12.5 Å². The number of carboxylic acid groups (broad SMARTS) is 1. The minimum absolute atomic E-state index is 0.0717. The van der Waals surface area contributed by atoms with E-state index >= 15 is 0 Å². The second-order valence-corrected chi connectivity index (χ2v) is 5.45. The maximum atomic E-state index is 11.6. The van der Waals surface area contributed by atoms with Gasteiger partial charge in [0.25, 0.3) is 0 Å². The van der Waals surface area contributed by atoms with Crippen LogP contribution in [-0.4, -0.2) is 30.6 Å². The molecule has 0 saturated carbocycles. The summed E-state index contributed by atoms with van der Waals surface area (Å²) < 4.78 is 5.11. The van der Waals surface area contributed by atoms with E-state index in [2.05, 4.69) is 17.4 Å². The van der Waals surface area contributed by atoms with Gasteiger partial charge in [-0.3, -0.25) is 9.59 Å². The van der Waals surface area contributed by atoms with Crippen LogP contribution in [0.4, 0.5) is 0 Å². The Morgan fingerprint density at radius 3 is 2.45 bits per heavy atom. The summed E-state index contributed by atoms with van der Waals surface area (Å²) in [7, 11) is 1.65. The quantitative estimate of drug-likeness (QED) is 0.652. The van der Waals surface area contributed by atoms with Gasteiger partial charge in [-0.1, -0.05) is 25.5 Å². The van der Waals surface area contributed by atoms with Crippen molar-refractivity contribution in [2.24, 2.45) is 5.92 Å². The molecule has 0 aliphatic carbocycles. The Hall–Kier alpha value is -2.04. The molecule has 1 aromatic rings. The smallest absolute Gasteiger partial charge is 0.308 e. The number of aliphatic carboxylic acids is 1. The third-order valence-corrected chi connectivity index (χ3v) is 3.56. The molecule has 0 aromatic heterocycles. The van der Waals surface area contributed by atoms with Crippen molar-refractivity contribution in [3.63, 3.8) is 0 Å². The first-order valence-corrected chi connectivity index (χ1v) is 7.65. The Morgan fingerprint density at radius 2 is 1.86 bits per heavy atom. The number of aryl methyl sites for hydroxylation is 1. The Kier molecular flexibility index (Phi) is 8.04. The Balaban J connectivity index is 2.09. The molecule has 0 heterocycles. The van der Waals surface area contributed by atoms with Crippen LogP contribution in [0.1, 0.15) is 38.2 Å². The van der Waals surface area contributed by atoms with Crippen LogP contribution in [0.15, 0.2) is 24.3 Å². The fraction of sp³-hybridized carbons (Fsp3) is 0.529. The summed E-state index contributed by atoms with van der Waals surface area (Å²) in [6, 6.07) is 8.01. The van der Waals surface area contributed by atoms with E-state index in [4.69, 9.17) is 9.84 Å². The Labute approximate surface area is 131 Å². The fourth-order valence-electron chi connectivity index (χ4n) is 2.03. The highest BCUT2D eigenvalue weighted by molar-refractivity contribution is 5.77. The highest BCUT2D eigenvalue weighted by Gasteiger charge is 2.11. The molecular weight excluding hydrogens is 282 g/mol. The summed E-state index contributed by atoms with van der Waals surface area (Å²) in [5.41, 5.74) is 1.26. The highest BCUT2D eigenvalue weighted by atomic mass is 16.5. The van der Waals surface area contributed by atoms with Crippen molar-refractivity contribution in [2.75, 3.05) is 13.7 Å². The normalized spacial score (nSPS) is 11.7. The molecule has 1 amide bonds. The number of hydrogen-bond acceptors (Lipinski definition) is 3. The first-order valence-electron chi connectivity index (χ1n) is 7.65. The van der Waals surface area contributed by atoms with Crippen molar-refractivity contribution in [3.05, 3.63) is 29.8 Å². The predicted octanol–water partition coefficient (Wildman–Crippen LogP) is 2.63. The number of hydrogen-bond donors (Lipinski definition) is 2. The second kappa shape index (κ2) is 9.82. The molecule has 0 fully saturated rings. The van der Waals surface area contributed by atoms with Crippen LogP contribution >= 0.6 is 0 Å². The van der Waals surface area contributed by atoms with Gasteiger partial charge in [0, 0.05) is 13.0 Å². The molecule has 2 N–H and O–H groups in total. The van der Waals surface area contributed by atoms with Gasteiger partial charge >= 0.3 is 5.97 Å². The SMILES string of the molecule is COc1ccc(CCCCCC(=O)NCC(C)C(=O)O)cc1. The molecule has 0 radical (unpaired) electrons. The second-order valence-electron chi connectivity index (χ2n) is 5.45. The van der Waals surface area contributed by atoms with E-state index in [1.165, 1.54) is 5.56 Å². The van der Waals surface area contributed by atoms with E-state index in [1.54, 1.807) is 14.0 Å². The van der Waals surface area contributed by atoms with Crippen LogP contribution in [0, 0.1) is 5.92 Å². The van der Waals surface area contributed by atoms with Crippen LogP contribution in [0.2, 0.25) is 0 Å². The van der Waals surface area contributed by atoms with Crippen molar-refractivity contribution in [2.45, 2.75) is 39.0 Å². The average Bonchev–Trinajstić information content (AvgIpc) is 2.52. The summed E-state index contributed by atoms with van der Waals surface area (Å²) in [5, 5.41) is 11.4. The number of methoxy groups -OCH3 is 1. The molecule has 22 heavy (non-hydrogen) atoms. The maximum Gasteiger partial charge on any atom is 0.308 e. The van der Waals surface area contributed by atoms with Crippen LogP contribution in [0.3, 0.4) is 0 Å². The van der Waals surface area contributed by atoms with Gasteiger partial charge in [-0.2, -0.15) is 0 Å². The summed E-state index contributed by atoms with van der Waals surface area (Å²) in [4.78, 5) is 22.2. The largest absolute Gasteiger partial charge is 0.497 e. The van der Waals surface area contributed by atoms with Gasteiger partial charge in [0.15, 0.2) is 0 Å². The lowest BCUT2D eigenvalue weighted by Crippen LogP contribution is -2.31. The van der Waals surface area contributed by atoms with E-state index in [0.717, 1.165) is 31.4 Å². The summed E-state index contributed by atoms with van der Waals surface area (Å²) in [5.74, 6) is -0.646. The lowest BCUT2D eigenvalue weighted by atomic mass is 10.1. The van der Waals surface area contributed by atoms with Crippen molar-refractivity contribution < 1.29 is 19.4 Å². The number of benzene rings is 1. The summed E-state index contributed by atoms with van der Waals surface area (Å²) in [6.07, 6.45) is 4.28. The zero-order chi connectivity index (χ0) is 16.4. The number of nitrogens with one attached hydrogen (secondary N) is 1. The molecule has 0 aliphatic rings. The van der Waals surface area contributed by atoms with Gasteiger partial charge in [-0.15, -0.1) is 0 Å². The van der Waals surface area contributed by atoms with Gasteiger partial charge < -0.3 is 15.2 Å². The molecule has 0 aliphatic heterocycles. The molecule has 1 aromatic carbocycles. The fourth-order valence-corrected chi connectivity index (χ4v) is 2.03. The summed E-state index contributed by atoms with van der Waals surface area (Å²) >= 11 is 0. The van der Waals surface area contributed by atoms with E-state index < -0.39 is 11.9 Å². The van der Waals surface area contributed by atoms with Crippen LogP contribution in [0.25, 0.3) is 0 Å². The van der Waals surface area contributed by atoms with Crippen LogP contribution in [0.5, 0.6) is 5.75 Å². The Bertz CT molecular complexity index is 470. The van der Waals surface area contributed by atoms with Crippen LogP contribution in [-0.2, 0) is 16.0 Å². The topological polar surface area (TPSA) is 75.6 Å². The first kappa shape index (κ1) is 18.0. The van der Waals surface area contributed by atoms with Crippen molar-refractivity contribution >= 4 is 11.9 Å². The van der Waals surface area contributed by atoms with Crippen molar-refractivity contribution in [3.8, 4) is 5.75 Å². The molecule has 1 unspecified atom stereocenters. The standard InChI is InChI=1S/C17H25NO4/c1-13(17(20)21)12-18-16(19)7-5-3-4-6-14-8-10-15(22-2)11-9-14/h8-11,13H,3-7,12H2,1-2H3,(H,18,19)(H,20,21). The lowest BCUT2D eigenvalue weighted by molar-refractivity contribution is -0.141. The van der Waals surface area contributed by atoms with Gasteiger partial charge in [0.05, 0.1) is 13.0 Å². The average molecular weight is 307 g/mol. The number of amides is 1. The molecule has 0 spiro atoms. The molecule has 1 atom stereocenters. The number of carboxylic acids is 1. The van der Waals surface area contributed by atoms with E-state index in [0.29, 0.717) is 6.42 Å².